The number of aryl methyl sites for hydroxylation is 1. The van der Waals surface area contributed by atoms with Crippen LogP contribution in [0.5, 0.6) is 5.75 Å². The third-order valence-electron chi connectivity index (χ3n) is 4.34. The van der Waals surface area contributed by atoms with Crippen molar-refractivity contribution in [2.75, 3.05) is 14.2 Å². The molecule has 1 N–H and O–H groups in total. The van der Waals surface area contributed by atoms with Crippen LogP contribution in [-0.2, 0) is 4.79 Å². The van der Waals surface area contributed by atoms with E-state index in [1.54, 1.807) is 44.3 Å². The van der Waals surface area contributed by atoms with Gasteiger partial charge in [0.05, 0.1) is 29.0 Å². The molecule has 0 unspecified atom stereocenters. The summed E-state index contributed by atoms with van der Waals surface area (Å²) >= 11 is 7.44. The van der Waals surface area contributed by atoms with Crippen LogP contribution in [0, 0.1) is 6.92 Å². The highest BCUT2D eigenvalue weighted by Crippen LogP contribution is 2.32. The Bertz CT molecular complexity index is 1110. The van der Waals surface area contributed by atoms with Crippen molar-refractivity contribution in [2.24, 2.45) is 0 Å². The first-order chi connectivity index (χ1) is 13.4. The average molecular weight is 418 g/mol. The number of halogens is 1. The van der Waals surface area contributed by atoms with E-state index in [1.807, 2.05) is 13.0 Å². The van der Waals surface area contributed by atoms with E-state index in [-0.39, 0.29) is 11.5 Å². The van der Waals surface area contributed by atoms with E-state index in [2.05, 4.69) is 10.3 Å². The second-order valence-corrected chi connectivity index (χ2v) is 7.91. The highest BCUT2D eigenvalue weighted by molar-refractivity contribution is 8.00. The second-order valence-electron chi connectivity index (χ2n) is 6.20. The molecule has 3 aromatic rings. The van der Waals surface area contributed by atoms with Crippen LogP contribution in [0.15, 0.2) is 46.3 Å². The van der Waals surface area contributed by atoms with Gasteiger partial charge < -0.3 is 10.1 Å². The molecule has 6 nitrogen and oxygen atoms in total. The van der Waals surface area contributed by atoms with Crippen LogP contribution in [0.1, 0.15) is 12.5 Å². The maximum absolute atomic E-state index is 13.4. The Balaban J connectivity index is 2.33. The van der Waals surface area contributed by atoms with Crippen molar-refractivity contribution < 1.29 is 9.53 Å². The Hall–Kier alpha value is -2.51. The molecule has 0 saturated carbocycles. The van der Waals surface area contributed by atoms with E-state index in [9.17, 15) is 9.59 Å². The Morgan fingerprint density at radius 3 is 2.71 bits per heavy atom. The first-order valence-corrected chi connectivity index (χ1v) is 9.87. The van der Waals surface area contributed by atoms with Crippen molar-refractivity contribution in [3.05, 3.63) is 57.3 Å². The molecule has 1 aromatic heterocycles. The maximum atomic E-state index is 13.4. The lowest BCUT2D eigenvalue weighted by Crippen LogP contribution is -2.29. The molecule has 0 aliphatic rings. The molecule has 1 heterocycles. The third kappa shape index (κ3) is 3.72. The summed E-state index contributed by atoms with van der Waals surface area (Å²) < 4.78 is 6.95. The minimum atomic E-state index is -0.441. The van der Waals surface area contributed by atoms with Gasteiger partial charge in [0.2, 0.25) is 5.91 Å². The molecule has 1 atom stereocenters. The van der Waals surface area contributed by atoms with E-state index in [1.165, 1.54) is 23.4 Å². The van der Waals surface area contributed by atoms with Crippen LogP contribution < -0.4 is 15.6 Å². The number of fused-ring (bicyclic) bond motifs is 1. The van der Waals surface area contributed by atoms with Crippen LogP contribution >= 0.6 is 23.4 Å². The summed E-state index contributed by atoms with van der Waals surface area (Å²) in [6.07, 6.45) is 0. The number of thioether (sulfide) groups is 1. The number of hydrogen-bond acceptors (Lipinski definition) is 5. The predicted molar refractivity (Wildman–Crippen MR) is 113 cm³/mol. The predicted octanol–water partition coefficient (Wildman–Crippen LogP) is 3.58. The van der Waals surface area contributed by atoms with Crippen LogP contribution in [0.3, 0.4) is 0 Å². The molecule has 0 aliphatic carbocycles. The minimum Gasteiger partial charge on any atom is -0.495 e. The third-order valence-corrected chi connectivity index (χ3v) is 5.80. The lowest BCUT2D eigenvalue weighted by atomic mass is 10.2. The molecule has 0 spiro atoms. The molecule has 8 heteroatoms. The van der Waals surface area contributed by atoms with Crippen molar-refractivity contribution in [1.29, 1.82) is 0 Å². The van der Waals surface area contributed by atoms with Crippen molar-refractivity contribution in [2.45, 2.75) is 24.3 Å². The van der Waals surface area contributed by atoms with Crippen molar-refractivity contribution in [3.63, 3.8) is 0 Å². The standard InChI is InChI=1S/C20H20ClN3O3S/c1-11-9-16(17(27-4)10-14(11)21)24-19(26)13-7-5-6-8-15(13)23-20(24)28-12(2)18(25)22-3/h5-10,12H,1-4H3,(H,22,25)/t12-/m0/s1. The molecule has 146 valence electrons. The zero-order valence-corrected chi connectivity index (χ0v) is 17.5. The van der Waals surface area contributed by atoms with Crippen LogP contribution in [0.25, 0.3) is 16.6 Å². The molecule has 0 aliphatic heterocycles. The lowest BCUT2D eigenvalue weighted by Gasteiger charge is -2.18. The molecule has 28 heavy (non-hydrogen) atoms. The zero-order valence-electron chi connectivity index (χ0n) is 15.9. The number of rotatable bonds is 5. The smallest absolute Gasteiger partial charge is 0.266 e. The average Bonchev–Trinajstić information content (AvgIpc) is 2.69. The quantitative estimate of drug-likeness (QED) is 0.507. The molecule has 0 radical (unpaired) electrons. The number of amides is 1. The number of aromatic nitrogens is 2. The van der Waals surface area contributed by atoms with Crippen LogP contribution in [-0.4, -0.2) is 34.9 Å². The molecule has 0 saturated heterocycles. The van der Waals surface area contributed by atoms with Gasteiger partial charge in [-0.3, -0.25) is 14.2 Å². The van der Waals surface area contributed by atoms with Gasteiger partial charge >= 0.3 is 0 Å². The van der Waals surface area contributed by atoms with Crippen molar-refractivity contribution in [3.8, 4) is 11.4 Å². The highest BCUT2D eigenvalue weighted by Gasteiger charge is 2.21. The molecule has 0 bridgehead atoms. The highest BCUT2D eigenvalue weighted by atomic mass is 35.5. The van der Waals surface area contributed by atoms with E-state index >= 15 is 0 Å². The number of benzene rings is 2. The fraction of sp³-hybridized carbons (Fsp3) is 0.250. The van der Waals surface area contributed by atoms with Gasteiger partial charge in [0.15, 0.2) is 5.16 Å². The van der Waals surface area contributed by atoms with Crippen LogP contribution in [0.4, 0.5) is 0 Å². The Morgan fingerprint density at radius 1 is 1.32 bits per heavy atom. The Labute approximate surface area is 171 Å². The van der Waals surface area contributed by atoms with Gasteiger partial charge in [-0.15, -0.1) is 0 Å². The summed E-state index contributed by atoms with van der Waals surface area (Å²) in [6.45, 7) is 3.62. The molecule has 0 fully saturated rings. The van der Waals surface area contributed by atoms with Gasteiger partial charge in [-0.2, -0.15) is 0 Å². The normalized spacial score (nSPS) is 12.0. The Kier molecular flexibility index (Phi) is 5.96. The van der Waals surface area contributed by atoms with Gasteiger partial charge in [-0.25, -0.2) is 4.98 Å². The number of hydrogen-bond donors (Lipinski definition) is 1. The summed E-state index contributed by atoms with van der Waals surface area (Å²) in [5.74, 6) is 0.294. The van der Waals surface area contributed by atoms with E-state index in [0.29, 0.717) is 32.5 Å². The number of nitrogens with zero attached hydrogens (tertiary/aromatic N) is 2. The SMILES string of the molecule is CNC(=O)[C@H](C)Sc1nc2ccccc2c(=O)n1-c1cc(C)c(Cl)cc1OC. The zero-order chi connectivity index (χ0) is 20.4. The summed E-state index contributed by atoms with van der Waals surface area (Å²) in [5.41, 5.74) is 1.66. The molecule has 2 aromatic carbocycles. The van der Waals surface area contributed by atoms with Crippen molar-refractivity contribution in [1.82, 2.24) is 14.9 Å². The van der Waals surface area contributed by atoms with Gasteiger partial charge in [-0.05, 0) is 37.6 Å². The summed E-state index contributed by atoms with van der Waals surface area (Å²) in [6, 6.07) is 10.6. The first kappa shape index (κ1) is 20.2. The topological polar surface area (TPSA) is 73.2 Å². The van der Waals surface area contributed by atoms with E-state index < -0.39 is 5.25 Å². The maximum Gasteiger partial charge on any atom is 0.266 e. The summed E-state index contributed by atoms with van der Waals surface area (Å²) in [4.78, 5) is 30.1. The number of nitrogens with one attached hydrogen (secondary N) is 1. The van der Waals surface area contributed by atoms with Crippen LogP contribution in [0.2, 0.25) is 5.02 Å². The molecule has 3 rings (SSSR count). The Morgan fingerprint density at radius 2 is 2.04 bits per heavy atom. The number of ether oxygens (including phenoxy) is 1. The largest absolute Gasteiger partial charge is 0.495 e. The molecule has 1 amide bonds. The first-order valence-electron chi connectivity index (χ1n) is 8.62. The van der Waals surface area contributed by atoms with Crippen molar-refractivity contribution >= 4 is 40.2 Å². The minimum absolute atomic E-state index is 0.154. The number of carbonyl (C=O) groups is 1. The monoisotopic (exact) mass is 417 g/mol. The second kappa shape index (κ2) is 8.24. The van der Waals surface area contributed by atoms with Gasteiger partial charge in [-0.1, -0.05) is 35.5 Å². The fourth-order valence-electron chi connectivity index (χ4n) is 2.81. The molecular weight excluding hydrogens is 398 g/mol. The molecular formula is C20H20ClN3O3S. The van der Waals surface area contributed by atoms with Gasteiger partial charge in [0.25, 0.3) is 5.56 Å². The summed E-state index contributed by atoms with van der Waals surface area (Å²) in [7, 11) is 3.09. The summed E-state index contributed by atoms with van der Waals surface area (Å²) in [5, 5.41) is 3.60. The number of para-hydroxylation sites is 1. The van der Waals surface area contributed by atoms with Gasteiger partial charge in [0.1, 0.15) is 5.75 Å². The number of methoxy groups -OCH3 is 1. The number of carbonyl (C=O) groups excluding carboxylic acids is 1. The fourth-order valence-corrected chi connectivity index (χ4v) is 3.94. The van der Waals surface area contributed by atoms with E-state index in [4.69, 9.17) is 16.3 Å². The van der Waals surface area contributed by atoms with Gasteiger partial charge in [0, 0.05) is 18.1 Å². The lowest BCUT2D eigenvalue weighted by molar-refractivity contribution is -0.119. The van der Waals surface area contributed by atoms with E-state index in [0.717, 1.165) is 5.56 Å².